The third-order valence-corrected chi connectivity index (χ3v) is 5.92. The molecule has 2 aliphatic rings. The van der Waals surface area contributed by atoms with Gasteiger partial charge in [-0.3, -0.25) is 0 Å². The van der Waals surface area contributed by atoms with Gasteiger partial charge in [0.15, 0.2) is 5.79 Å². The minimum Gasteiger partial charge on any atom is -0.393 e. The number of rotatable bonds is 7. The zero-order chi connectivity index (χ0) is 17.8. The lowest BCUT2D eigenvalue weighted by atomic mass is 9.65. The van der Waals surface area contributed by atoms with E-state index in [0.717, 1.165) is 38.5 Å². The predicted octanol–water partition coefficient (Wildman–Crippen LogP) is 4.06. The van der Waals surface area contributed by atoms with Crippen molar-refractivity contribution in [3.8, 4) is 0 Å². The molecule has 1 aliphatic heterocycles. The molecule has 140 valence electrons. The number of aliphatic hydroxyl groups excluding tert-OH is 1. The van der Waals surface area contributed by atoms with Gasteiger partial charge in [-0.1, -0.05) is 43.7 Å². The van der Waals surface area contributed by atoms with Gasteiger partial charge in [-0.2, -0.15) is 0 Å². The summed E-state index contributed by atoms with van der Waals surface area (Å²) in [6.45, 7) is 6.06. The Morgan fingerprint density at radius 1 is 1.24 bits per heavy atom. The van der Waals surface area contributed by atoms with Gasteiger partial charge in [0.2, 0.25) is 0 Å². The first kappa shape index (κ1) is 18.8. The van der Waals surface area contributed by atoms with Gasteiger partial charge >= 0.3 is 0 Å². The summed E-state index contributed by atoms with van der Waals surface area (Å²) in [6, 6.07) is 10.3. The second-order valence-corrected chi connectivity index (χ2v) is 7.79. The number of benzene rings is 1. The molecule has 1 saturated carbocycles. The molecule has 1 N–H and O–H groups in total. The predicted molar refractivity (Wildman–Crippen MR) is 97.1 cm³/mol. The normalized spacial score (nSPS) is 29.8. The van der Waals surface area contributed by atoms with E-state index >= 15 is 0 Å². The summed E-state index contributed by atoms with van der Waals surface area (Å²) in [5, 5.41) is 9.65. The van der Waals surface area contributed by atoms with E-state index in [1.165, 1.54) is 5.56 Å². The summed E-state index contributed by atoms with van der Waals surface area (Å²) in [4.78, 5) is 0. The van der Waals surface area contributed by atoms with Crippen molar-refractivity contribution in [3.63, 3.8) is 0 Å². The van der Waals surface area contributed by atoms with E-state index in [2.05, 4.69) is 19.1 Å². The van der Waals surface area contributed by atoms with Crippen molar-refractivity contribution >= 4 is 0 Å². The minimum atomic E-state index is -0.523. The second kappa shape index (κ2) is 8.17. The first-order chi connectivity index (χ1) is 12.1. The van der Waals surface area contributed by atoms with Crippen molar-refractivity contribution in [1.82, 2.24) is 0 Å². The van der Waals surface area contributed by atoms with Crippen LogP contribution in [0.15, 0.2) is 30.3 Å². The number of aliphatic hydroxyl groups is 1. The highest BCUT2D eigenvalue weighted by Crippen LogP contribution is 2.53. The van der Waals surface area contributed by atoms with Crippen LogP contribution in [0.3, 0.4) is 0 Å². The first-order valence-corrected chi connectivity index (χ1v) is 9.67. The highest BCUT2D eigenvalue weighted by Gasteiger charge is 2.58. The van der Waals surface area contributed by atoms with Crippen molar-refractivity contribution in [2.45, 2.75) is 77.0 Å². The van der Waals surface area contributed by atoms with Gasteiger partial charge < -0.3 is 19.3 Å². The molecule has 3 unspecified atom stereocenters. The van der Waals surface area contributed by atoms with Crippen LogP contribution in [0.25, 0.3) is 0 Å². The molecule has 1 aromatic rings. The van der Waals surface area contributed by atoms with E-state index in [1.54, 1.807) is 0 Å². The maximum Gasteiger partial charge on any atom is 0.176 e. The molecule has 3 rings (SSSR count). The van der Waals surface area contributed by atoms with E-state index in [4.69, 9.17) is 14.2 Å². The Bertz CT molecular complexity index is 524. The first-order valence-electron chi connectivity index (χ1n) is 9.67. The molecule has 4 nitrogen and oxygen atoms in total. The fraction of sp³-hybridized carbons (Fsp3) is 0.714. The van der Waals surface area contributed by atoms with Gasteiger partial charge in [-0.25, -0.2) is 0 Å². The maximum absolute atomic E-state index is 9.65. The largest absolute Gasteiger partial charge is 0.393 e. The maximum atomic E-state index is 9.65. The zero-order valence-electron chi connectivity index (χ0n) is 15.6. The average Bonchev–Trinajstić information content (AvgIpc) is 3.07. The molecule has 1 heterocycles. The Labute approximate surface area is 151 Å². The van der Waals surface area contributed by atoms with Crippen LogP contribution in [0, 0.1) is 5.41 Å². The van der Waals surface area contributed by atoms with Crippen LogP contribution in [0.4, 0.5) is 0 Å². The molecule has 2 fully saturated rings. The van der Waals surface area contributed by atoms with E-state index in [1.807, 2.05) is 25.1 Å². The average molecular weight is 348 g/mol. The lowest BCUT2D eigenvalue weighted by Gasteiger charge is -2.52. The molecular formula is C21H32O4. The molecule has 0 radical (unpaired) electrons. The van der Waals surface area contributed by atoms with Crippen molar-refractivity contribution in [2.24, 2.45) is 5.41 Å². The van der Waals surface area contributed by atoms with Crippen LogP contribution in [0.5, 0.6) is 0 Å². The third kappa shape index (κ3) is 4.08. The Morgan fingerprint density at radius 2 is 1.96 bits per heavy atom. The van der Waals surface area contributed by atoms with Crippen LogP contribution in [0.2, 0.25) is 0 Å². The minimum absolute atomic E-state index is 0.105. The Hall–Kier alpha value is -0.940. The summed E-state index contributed by atoms with van der Waals surface area (Å²) in [6.07, 6.45) is 5.56. The lowest BCUT2D eigenvalue weighted by molar-refractivity contribution is -0.289. The van der Waals surface area contributed by atoms with E-state index in [9.17, 15) is 5.11 Å². The molecule has 1 saturated heterocycles. The number of hydrogen-bond acceptors (Lipinski definition) is 4. The summed E-state index contributed by atoms with van der Waals surface area (Å²) in [7, 11) is 0. The molecule has 1 aliphatic carbocycles. The molecule has 4 heteroatoms. The van der Waals surface area contributed by atoms with Gasteiger partial charge in [0, 0.05) is 11.8 Å². The fourth-order valence-corrected chi connectivity index (χ4v) is 4.45. The third-order valence-electron chi connectivity index (χ3n) is 5.92. The van der Waals surface area contributed by atoms with E-state index in [-0.39, 0.29) is 17.6 Å². The smallest absolute Gasteiger partial charge is 0.176 e. The number of hydrogen-bond donors (Lipinski definition) is 1. The summed E-state index contributed by atoms with van der Waals surface area (Å²) in [5.74, 6) is -0.523. The van der Waals surface area contributed by atoms with Crippen LogP contribution in [0.1, 0.15) is 57.9 Å². The Balaban J connectivity index is 1.73. The van der Waals surface area contributed by atoms with E-state index in [0.29, 0.717) is 19.8 Å². The SMILES string of the molecule is CC(O)CCCC1(C)C(OCc2ccccc2)CCCC12OCCO2. The molecule has 1 aromatic carbocycles. The molecule has 3 atom stereocenters. The van der Waals surface area contributed by atoms with Crippen LogP contribution >= 0.6 is 0 Å². The topological polar surface area (TPSA) is 47.9 Å². The molecule has 0 bridgehead atoms. The van der Waals surface area contributed by atoms with Gasteiger partial charge in [0.25, 0.3) is 0 Å². The van der Waals surface area contributed by atoms with Gasteiger partial charge in [-0.15, -0.1) is 0 Å². The quantitative estimate of drug-likeness (QED) is 0.807. The summed E-state index contributed by atoms with van der Waals surface area (Å²) < 4.78 is 18.8. The summed E-state index contributed by atoms with van der Waals surface area (Å²) in [5.41, 5.74) is 1.01. The van der Waals surface area contributed by atoms with Gasteiger partial charge in [-0.05, 0) is 38.2 Å². The highest BCUT2D eigenvalue weighted by atomic mass is 16.7. The monoisotopic (exact) mass is 348 g/mol. The van der Waals surface area contributed by atoms with Crippen molar-refractivity contribution in [2.75, 3.05) is 13.2 Å². The summed E-state index contributed by atoms with van der Waals surface area (Å²) >= 11 is 0. The lowest BCUT2D eigenvalue weighted by Crippen LogP contribution is -2.57. The number of ether oxygens (including phenoxy) is 3. The van der Waals surface area contributed by atoms with Crippen LogP contribution in [-0.4, -0.2) is 36.3 Å². The highest BCUT2D eigenvalue weighted by molar-refractivity contribution is 5.13. The van der Waals surface area contributed by atoms with Gasteiger partial charge in [0.05, 0.1) is 32.0 Å². The Kier molecular flexibility index (Phi) is 6.16. The van der Waals surface area contributed by atoms with Crippen molar-refractivity contribution in [3.05, 3.63) is 35.9 Å². The molecule has 25 heavy (non-hydrogen) atoms. The Morgan fingerprint density at radius 3 is 2.64 bits per heavy atom. The molecular weight excluding hydrogens is 316 g/mol. The van der Waals surface area contributed by atoms with Crippen molar-refractivity contribution in [1.29, 1.82) is 0 Å². The fourth-order valence-electron chi connectivity index (χ4n) is 4.45. The molecule has 0 aromatic heterocycles. The standard InChI is InChI=1S/C21H32O4/c1-17(22)8-6-12-20(2)19(23-16-18-9-4-3-5-10-18)11-7-13-21(20)24-14-15-25-21/h3-5,9-10,17,19,22H,6-8,11-16H2,1-2H3. The van der Waals surface area contributed by atoms with Crippen LogP contribution in [-0.2, 0) is 20.8 Å². The van der Waals surface area contributed by atoms with Crippen LogP contribution < -0.4 is 0 Å². The molecule has 1 spiro atoms. The van der Waals surface area contributed by atoms with Crippen molar-refractivity contribution < 1.29 is 19.3 Å². The zero-order valence-corrected chi connectivity index (χ0v) is 15.6. The molecule has 0 amide bonds. The van der Waals surface area contributed by atoms with E-state index < -0.39 is 5.79 Å². The van der Waals surface area contributed by atoms with Gasteiger partial charge in [0.1, 0.15) is 0 Å². The second-order valence-electron chi connectivity index (χ2n) is 7.79.